The number of methoxy groups -OCH3 is 1. The molecule has 0 saturated carbocycles. The van der Waals surface area contributed by atoms with Crippen molar-refractivity contribution in [3.8, 4) is 5.75 Å². The Morgan fingerprint density at radius 2 is 1.86 bits per heavy atom. The van der Waals surface area contributed by atoms with E-state index in [4.69, 9.17) is 19.9 Å². The SMILES string of the molecule is CCOC(=O)C1=C(N)OC2=C(C(=O)CC(C)(C)C2)[C@]12C(=O)N1c3c(cc(OC)cc32)C(C)=CC1(C)C. The maximum Gasteiger partial charge on any atom is 0.341 e. The van der Waals surface area contributed by atoms with Crippen LogP contribution in [0.15, 0.2) is 41.0 Å². The van der Waals surface area contributed by atoms with Crippen LogP contribution in [0, 0.1) is 5.41 Å². The minimum Gasteiger partial charge on any atom is -0.497 e. The molecule has 8 nitrogen and oxygen atoms in total. The van der Waals surface area contributed by atoms with Gasteiger partial charge in [0.1, 0.15) is 22.5 Å². The fourth-order valence-corrected chi connectivity index (χ4v) is 6.36. The Bertz CT molecular complexity index is 1350. The molecule has 8 heteroatoms. The van der Waals surface area contributed by atoms with Crippen LogP contribution in [0.2, 0.25) is 0 Å². The molecule has 1 amide bonds. The molecule has 1 atom stereocenters. The summed E-state index contributed by atoms with van der Waals surface area (Å²) in [5.41, 5.74) is 6.41. The van der Waals surface area contributed by atoms with E-state index in [-0.39, 0.29) is 35.8 Å². The summed E-state index contributed by atoms with van der Waals surface area (Å²) >= 11 is 0. The normalized spacial score (nSPS) is 25.4. The average Bonchev–Trinajstić information content (AvgIpc) is 3.00. The molecule has 5 rings (SSSR count). The van der Waals surface area contributed by atoms with E-state index in [1.165, 1.54) is 0 Å². The Balaban J connectivity index is 1.96. The van der Waals surface area contributed by atoms with E-state index in [1.54, 1.807) is 25.0 Å². The van der Waals surface area contributed by atoms with Crippen molar-refractivity contribution in [1.82, 2.24) is 0 Å². The van der Waals surface area contributed by atoms with Crippen LogP contribution in [0.1, 0.15) is 65.5 Å². The summed E-state index contributed by atoms with van der Waals surface area (Å²) in [6.07, 6.45) is 2.60. The van der Waals surface area contributed by atoms with Crippen LogP contribution in [-0.4, -0.2) is 36.9 Å². The van der Waals surface area contributed by atoms with Crippen molar-refractivity contribution >= 4 is 28.9 Å². The second kappa shape index (κ2) is 7.48. The molecule has 0 bridgehead atoms. The van der Waals surface area contributed by atoms with Crippen LogP contribution in [0.3, 0.4) is 0 Å². The molecule has 0 saturated heterocycles. The molecular weight excluding hydrogens is 460 g/mol. The van der Waals surface area contributed by atoms with Gasteiger partial charge in [-0.05, 0) is 50.8 Å². The van der Waals surface area contributed by atoms with Crippen molar-refractivity contribution in [2.45, 2.75) is 65.3 Å². The molecule has 36 heavy (non-hydrogen) atoms. The number of hydrogen-bond acceptors (Lipinski definition) is 7. The first-order valence-corrected chi connectivity index (χ1v) is 12.2. The van der Waals surface area contributed by atoms with Gasteiger partial charge in [0.05, 0.1) is 30.5 Å². The number of nitrogens with zero attached hydrogens (tertiary/aromatic N) is 1. The fraction of sp³-hybridized carbons (Fsp3) is 0.464. The standard InChI is InChI=1S/C28H32N2O6/c1-8-35-24(32)21-23(29)36-19-13-26(3,4)12-18(31)20(19)28(21)17-10-15(34-7)9-16-14(2)11-27(5,6)30(22(16)17)25(28)33/h9-11H,8,12-13,29H2,1-7H3/t28-/m0/s1. The number of benzene rings is 1. The zero-order valence-electron chi connectivity index (χ0n) is 21.8. The number of nitrogens with two attached hydrogens (primary N) is 1. The monoisotopic (exact) mass is 492 g/mol. The van der Waals surface area contributed by atoms with E-state index in [2.05, 4.69) is 0 Å². The number of Topliss-reactive ketones (excluding diaryl/α,β-unsaturated/α-hetero) is 1. The number of hydrogen-bond donors (Lipinski definition) is 1. The van der Waals surface area contributed by atoms with Gasteiger partial charge in [-0.1, -0.05) is 19.9 Å². The lowest BCUT2D eigenvalue weighted by Gasteiger charge is -2.43. The maximum absolute atomic E-state index is 14.8. The van der Waals surface area contributed by atoms with E-state index in [9.17, 15) is 14.4 Å². The molecular formula is C28H32N2O6. The Kier molecular flexibility index (Phi) is 5.02. The van der Waals surface area contributed by atoms with Crippen molar-refractivity contribution in [1.29, 1.82) is 0 Å². The first-order valence-electron chi connectivity index (χ1n) is 12.2. The van der Waals surface area contributed by atoms with E-state index < -0.39 is 28.2 Å². The third-order valence-electron chi connectivity index (χ3n) is 7.59. The largest absolute Gasteiger partial charge is 0.497 e. The predicted molar refractivity (Wildman–Crippen MR) is 134 cm³/mol. The summed E-state index contributed by atoms with van der Waals surface area (Å²) in [6.45, 7) is 11.5. The maximum atomic E-state index is 14.8. The van der Waals surface area contributed by atoms with Crippen molar-refractivity contribution in [2.75, 3.05) is 18.6 Å². The first kappa shape index (κ1) is 24.2. The van der Waals surface area contributed by atoms with Gasteiger partial charge in [0.25, 0.3) is 0 Å². The number of anilines is 1. The summed E-state index contributed by atoms with van der Waals surface area (Å²) in [5, 5.41) is 0. The minimum atomic E-state index is -1.80. The van der Waals surface area contributed by atoms with Crippen molar-refractivity contribution < 1.29 is 28.6 Å². The molecule has 1 aromatic carbocycles. The number of carbonyl (C=O) groups is 3. The van der Waals surface area contributed by atoms with Gasteiger partial charge in [-0.3, -0.25) is 9.59 Å². The molecule has 190 valence electrons. The summed E-state index contributed by atoms with van der Waals surface area (Å²) in [7, 11) is 1.54. The molecule has 2 N–H and O–H groups in total. The van der Waals surface area contributed by atoms with E-state index in [0.29, 0.717) is 29.2 Å². The second-order valence-corrected chi connectivity index (χ2v) is 11.2. The minimum absolute atomic E-state index is 0.0683. The van der Waals surface area contributed by atoms with E-state index in [1.807, 2.05) is 46.8 Å². The summed E-state index contributed by atoms with van der Waals surface area (Å²) in [4.78, 5) is 43.9. The number of allylic oxidation sites excluding steroid dienone is 2. The molecule has 3 heterocycles. The third kappa shape index (κ3) is 2.96. The van der Waals surface area contributed by atoms with Gasteiger partial charge in [-0.15, -0.1) is 0 Å². The van der Waals surface area contributed by atoms with Gasteiger partial charge < -0.3 is 24.8 Å². The molecule has 3 aliphatic heterocycles. The quantitative estimate of drug-likeness (QED) is 0.638. The number of carbonyl (C=O) groups excluding carboxylic acids is 3. The molecule has 0 unspecified atom stereocenters. The first-order chi connectivity index (χ1) is 16.8. The van der Waals surface area contributed by atoms with Gasteiger partial charge in [-0.25, -0.2) is 4.79 Å². The van der Waals surface area contributed by atoms with Gasteiger partial charge in [-0.2, -0.15) is 0 Å². The Labute approximate surface area is 210 Å². The van der Waals surface area contributed by atoms with Gasteiger partial charge in [0.2, 0.25) is 11.8 Å². The third-order valence-corrected chi connectivity index (χ3v) is 7.59. The molecule has 1 spiro atoms. The lowest BCUT2D eigenvalue weighted by molar-refractivity contribution is -0.141. The van der Waals surface area contributed by atoms with E-state index >= 15 is 0 Å². The van der Waals surface area contributed by atoms with Crippen molar-refractivity contribution in [3.05, 3.63) is 52.1 Å². The number of rotatable bonds is 3. The molecule has 0 aromatic heterocycles. The van der Waals surface area contributed by atoms with Crippen LogP contribution in [0.25, 0.3) is 5.57 Å². The lowest BCUT2D eigenvalue weighted by Crippen LogP contribution is -2.56. The second-order valence-electron chi connectivity index (χ2n) is 11.2. The van der Waals surface area contributed by atoms with Crippen molar-refractivity contribution in [2.24, 2.45) is 11.1 Å². The lowest BCUT2D eigenvalue weighted by atomic mass is 9.61. The highest BCUT2D eigenvalue weighted by Gasteiger charge is 2.67. The van der Waals surface area contributed by atoms with Crippen molar-refractivity contribution in [3.63, 3.8) is 0 Å². The zero-order valence-corrected chi connectivity index (χ0v) is 21.8. The predicted octanol–water partition coefficient (Wildman–Crippen LogP) is 3.88. The number of fused-ring (bicyclic) bond motifs is 2. The van der Waals surface area contributed by atoms with Crippen LogP contribution >= 0.6 is 0 Å². The van der Waals surface area contributed by atoms with Gasteiger partial charge in [0, 0.05) is 24.0 Å². The number of esters is 1. The fourth-order valence-electron chi connectivity index (χ4n) is 6.36. The van der Waals surface area contributed by atoms with Gasteiger partial charge >= 0.3 is 5.97 Å². The van der Waals surface area contributed by atoms with Crippen LogP contribution in [-0.2, 0) is 29.3 Å². The molecule has 0 fully saturated rings. The Hall–Kier alpha value is -3.55. The van der Waals surface area contributed by atoms with Gasteiger partial charge in [0.15, 0.2) is 5.78 Å². The topological polar surface area (TPSA) is 108 Å². The smallest absolute Gasteiger partial charge is 0.341 e. The average molecular weight is 493 g/mol. The van der Waals surface area contributed by atoms with Crippen LogP contribution < -0.4 is 15.4 Å². The molecule has 1 aromatic rings. The number of ether oxygens (including phenoxy) is 3. The highest BCUT2D eigenvalue weighted by molar-refractivity contribution is 6.25. The van der Waals surface area contributed by atoms with E-state index in [0.717, 1.165) is 11.1 Å². The zero-order chi connectivity index (χ0) is 26.4. The number of amides is 1. The summed E-state index contributed by atoms with van der Waals surface area (Å²) < 4.78 is 17.0. The summed E-state index contributed by atoms with van der Waals surface area (Å²) in [6, 6.07) is 3.61. The Morgan fingerprint density at radius 1 is 1.17 bits per heavy atom. The molecule has 1 aliphatic carbocycles. The molecule has 0 radical (unpaired) electrons. The Morgan fingerprint density at radius 3 is 2.50 bits per heavy atom. The molecule has 4 aliphatic rings. The highest BCUT2D eigenvalue weighted by Crippen LogP contribution is 2.61. The van der Waals surface area contributed by atoms with Crippen LogP contribution in [0.4, 0.5) is 5.69 Å². The summed E-state index contributed by atoms with van der Waals surface area (Å²) in [5.74, 6) is -0.840. The highest BCUT2D eigenvalue weighted by atomic mass is 16.5. The van der Waals surface area contributed by atoms with Crippen LogP contribution in [0.5, 0.6) is 5.75 Å². The number of ketones is 1.